The van der Waals surface area contributed by atoms with Gasteiger partial charge in [0, 0.05) is 6.54 Å². The van der Waals surface area contributed by atoms with Gasteiger partial charge in [-0.15, -0.1) is 0 Å². The zero-order valence-electron chi connectivity index (χ0n) is 11.6. The Bertz CT molecular complexity index is 585. The van der Waals surface area contributed by atoms with Crippen LogP contribution in [-0.4, -0.2) is 29.4 Å². The van der Waals surface area contributed by atoms with Crippen molar-refractivity contribution in [1.82, 2.24) is 4.90 Å². The van der Waals surface area contributed by atoms with Gasteiger partial charge in [0.15, 0.2) is 0 Å². The van der Waals surface area contributed by atoms with Gasteiger partial charge in [-0.25, -0.2) is 14.1 Å². The van der Waals surface area contributed by atoms with Gasteiger partial charge in [0.05, 0.1) is 5.69 Å². The first-order valence-electron chi connectivity index (χ1n) is 6.82. The van der Waals surface area contributed by atoms with Crippen LogP contribution in [-0.2, 0) is 4.79 Å². The highest BCUT2D eigenvalue weighted by atomic mass is 19.1. The molecule has 0 aromatic heterocycles. The molecule has 5 heteroatoms. The molecule has 106 valence electrons. The molecule has 0 aliphatic carbocycles. The molecule has 2 aliphatic rings. The van der Waals surface area contributed by atoms with Gasteiger partial charge in [0.1, 0.15) is 11.9 Å². The zero-order valence-corrected chi connectivity index (χ0v) is 11.6. The van der Waals surface area contributed by atoms with Gasteiger partial charge in [-0.1, -0.05) is 19.9 Å². The Kier molecular flexibility index (Phi) is 2.81. The highest BCUT2D eigenvalue weighted by Gasteiger charge is 2.54. The lowest BCUT2D eigenvalue weighted by Gasteiger charge is -2.39. The molecule has 0 spiro atoms. The lowest BCUT2D eigenvalue weighted by molar-refractivity contribution is -0.124. The topological polar surface area (TPSA) is 40.6 Å². The van der Waals surface area contributed by atoms with Crippen molar-refractivity contribution >= 4 is 17.6 Å². The lowest BCUT2D eigenvalue weighted by Crippen LogP contribution is -2.49. The van der Waals surface area contributed by atoms with E-state index in [0.29, 0.717) is 12.2 Å². The van der Waals surface area contributed by atoms with Crippen molar-refractivity contribution in [3.05, 3.63) is 30.1 Å². The highest BCUT2D eigenvalue weighted by Crippen LogP contribution is 2.41. The maximum Gasteiger partial charge on any atom is 0.332 e. The molecular formula is C15H17FN2O2. The van der Waals surface area contributed by atoms with E-state index in [1.165, 1.54) is 18.2 Å². The number of fused-ring (bicyclic) bond motifs is 1. The molecule has 2 saturated heterocycles. The third-order valence-corrected chi connectivity index (χ3v) is 4.23. The largest absolute Gasteiger partial charge is 0.332 e. The summed E-state index contributed by atoms with van der Waals surface area (Å²) in [7, 11) is 0. The molecule has 2 aliphatic heterocycles. The Morgan fingerprint density at radius 1 is 1.30 bits per heavy atom. The van der Waals surface area contributed by atoms with Gasteiger partial charge in [-0.3, -0.25) is 4.79 Å². The molecule has 3 rings (SSSR count). The van der Waals surface area contributed by atoms with Crippen molar-refractivity contribution in [2.24, 2.45) is 5.41 Å². The molecule has 4 nitrogen and oxygen atoms in total. The molecule has 1 atom stereocenters. The van der Waals surface area contributed by atoms with E-state index in [1.54, 1.807) is 11.0 Å². The third kappa shape index (κ3) is 1.80. The van der Waals surface area contributed by atoms with Crippen LogP contribution in [0.3, 0.4) is 0 Å². The number of nitrogens with zero attached hydrogens (tertiary/aromatic N) is 2. The smallest absolute Gasteiger partial charge is 0.311 e. The first-order valence-corrected chi connectivity index (χ1v) is 6.82. The average Bonchev–Trinajstić information content (AvgIpc) is 2.62. The van der Waals surface area contributed by atoms with Gasteiger partial charge < -0.3 is 4.90 Å². The molecule has 1 unspecified atom stereocenters. The Morgan fingerprint density at radius 3 is 2.70 bits per heavy atom. The zero-order chi connectivity index (χ0) is 14.5. The van der Waals surface area contributed by atoms with Crippen LogP contribution in [0.25, 0.3) is 0 Å². The van der Waals surface area contributed by atoms with Gasteiger partial charge >= 0.3 is 6.03 Å². The van der Waals surface area contributed by atoms with E-state index in [1.807, 2.05) is 13.8 Å². The number of hydrogen-bond acceptors (Lipinski definition) is 2. The average molecular weight is 276 g/mol. The van der Waals surface area contributed by atoms with Gasteiger partial charge in [-0.05, 0) is 36.5 Å². The Hall–Kier alpha value is -1.91. The summed E-state index contributed by atoms with van der Waals surface area (Å²) in [5, 5.41) is 0. The summed E-state index contributed by atoms with van der Waals surface area (Å²) in [5.41, 5.74) is 0.0674. The third-order valence-electron chi connectivity index (χ3n) is 4.23. The number of imide groups is 1. The van der Waals surface area contributed by atoms with Crippen LogP contribution in [0.2, 0.25) is 0 Å². The van der Waals surface area contributed by atoms with Gasteiger partial charge in [-0.2, -0.15) is 0 Å². The number of halogens is 1. The summed E-state index contributed by atoms with van der Waals surface area (Å²) >= 11 is 0. The van der Waals surface area contributed by atoms with Crippen molar-refractivity contribution in [2.45, 2.75) is 32.7 Å². The molecule has 3 amide bonds. The standard InChI is InChI=1S/C15H17FN2O2/c1-15(2)7-4-8-17-12(15)13(19)18(14(17)20)11-6-3-5-10(16)9-11/h3,5-6,9,12H,4,7-8H2,1-2H3. The van der Waals surface area contributed by atoms with Gasteiger partial charge in [0.25, 0.3) is 5.91 Å². The number of carbonyl (C=O) groups excluding carboxylic acids is 2. The van der Waals surface area contributed by atoms with E-state index < -0.39 is 11.9 Å². The van der Waals surface area contributed by atoms with Crippen molar-refractivity contribution in [3.8, 4) is 0 Å². The summed E-state index contributed by atoms with van der Waals surface area (Å²) in [6.07, 6.45) is 1.80. The van der Waals surface area contributed by atoms with Crippen molar-refractivity contribution in [3.63, 3.8) is 0 Å². The van der Waals surface area contributed by atoms with Gasteiger partial charge in [0.2, 0.25) is 0 Å². The maximum absolute atomic E-state index is 13.3. The summed E-state index contributed by atoms with van der Waals surface area (Å²) < 4.78 is 13.3. The molecule has 1 aromatic rings. The van der Waals surface area contributed by atoms with Crippen LogP contribution in [0.5, 0.6) is 0 Å². The van der Waals surface area contributed by atoms with Crippen LogP contribution in [0.4, 0.5) is 14.9 Å². The molecule has 2 fully saturated rings. The number of benzene rings is 1. The normalized spacial score (nSPS) is 25.1. The SMILES string of the molecule is CC1(C)CCCN2C(=O)N(c3cccc(F)c3)C(=O)C21. The van der Waals surface area contributed by atoms with Crippen LogP contribution in [0, 0.1) is 11.2 Å². The monoisotopic (exact) mass is 276 g/mol. The number of amides is 3. The van der Waals surface area contributed by atoms with E-state index in [9.17, 15) is 14.0 Å². The number of carbonyl (C=O) groups is 2. The first kappa shape index (κ1) is 13.1. The Balaban J connectivity index is 2.02. The second-order valence-electron chi connectivity index (χ2n) is 6.12. The van der Waals surface area contributed by atoms with E-state index in [4.69, 9.17) is 0 Å². The second-order valence-corrected chi connectivity index (χ2v) is 6.12. The minimum Gasteiger partial charge on any atom is -0.311 e. The highest BCUT2D eigenvalue weighted by molar-refractivity contribution is 6.21. The second kappa shape index (κ2) is 4.30. The fourth-order valence-corrected chi connectivity index (χ4v) is 3.26. The van der Waals surface area contributed by atoms with Crippen LogP contribution >= 0.6 is 0 Å². The number of urea groups is 1. The minimum atomic E-state index is -0.452. The van der Waals surface area contributed by atoms with E-state index >= 15 is 0 Å². The summed E-state index contributed by atoms with van der Waals surface area (Å²) in [6, 6.07) is 4.84. The summed E-state index contributed by atoms with van der Waals surface area (Å²) in [5.74, 6) is -0.697. The molecule has 2 heterocycles. The quantitative estimate of drug-likeness (QED) is 0.740. The van der Waals surface area contributed by atoms with Crippen molar-refractivity contribution < 1.29 is 14.0 Å². The van der Waals surface area contributed by atoms with Crippen molar-refractivity contribution in [2.75, 3.05) is 11.4 Å². The minimum absolute atomic E-state index is 0.243. The Labute approximate surface area is 117 Å². The molecule has 0 radical (unpaired) electrons. The molecule has 20 heavy (non-hydrogen) atoms. The molecule has 0 bridgehead atoms. The Morgan fingerprint density at radius 2 is 2.05 bits per heavy atom. The van der Waals surface area contributed by atoms with E-state index in [2.05, 4.69) is 0 Å². The number of rotatable bonds is 1. The van der Waals surface area contributed by atoms with E-state index in [-0.39, 0.29) is 17.4 Å². The van der Waals surface area contributed by atoms with Crippen LogP contribution < -0.4 is 4.90 Å². The van der Waals surface area contributed by atoms with Crippen LogP contribution in [0.1, 0.15) is 26.7 Å². The lowest BCUT2D eigenvalue weighted by atomic mass is 9.77. The fourth-order valence-electron chi connectivity index (χ4n) is 3.26. The van der Waals surface area contributed by atoms with Crippen LogP contribution in [0.15, 0.2) is 24.3 Å². The number of hydrogen-bond donors (Lipinski definition) is 0. The molecular weight excluding hydrogens is 259 g/mol. The maximum atomic E-state index is 13.3. The van der Waals surface area contributed by atoms with E-state index in [0.717, 1.165) is 17.7 Å². The first-order chi connectivity index (χ1) is 9.42. The number of piperidine rings is 1. The molecule has 0 N–H and O–H groups in total. The number of anilines is 1. The molecule has 0 saturated carbocycles. The fraction of sp³-hybridized carbons (Fsp3) is 0.467. The summed E-state index contributed by atoms with van der Waals surface area (Å²) in [4.78, 5) is 27.8. The predicted molar refractivity (Wildman–Crippen MR) is 72.8 cm³/mol. The predicted octanol–water partition coefficient (Wildman–Crippen LogP) is 2.78. The summed E-state index contributed by atoms with van der Waals surface area (Å²) in [6.45, 7) is 4.60. The molecule has 1 aromatic carbocycles. The van der Waals surface area contributed by atoms with Crippen molar-refractivity contribution in [1.29, 1.82) is 0 Å².